The third-order valence-electron chi connectivity index (χ3n) is 4.33. The maximum Gasteiger partial charge on any atom is 0.133 e. The number of nitrogens with zero attached hydrogens (tertiary/aromatic N) is 2. The van der Waals surface area contributed by atoms with E-state index in [1.165, 1.54) is 17.7 Å². The van der Waals surface area contributed by atoms with Crippen LogP contribution < -0.4 is 5.32 Å². The molecule has 1 N–H and O–H groups in total. The normalized spacial score (nSPS) is 13.9. The summed E-state index contributed by atoms with van der Waals surface area (Å²) >= 11 is 3.64. The van der Waals surface area contributed by atoms with Gasteiger partial charge in [0, 0.05) is 22.1 Å². The summed E-state index contributed by atoms with van der Waals surface area (Å²) in [6.45, 7) is 0.926. The summed E-state index contributed by atoms with van der Waals surface area (Å²) < 4.78 is 16.2. The molecule has 0 amide bonds. The third kappa shape index (κ3) is 2.73. The Bertz CT molecular complexity index is 871. The van der Waals surface area contributed by atoms with E-state index in [0.717, 1.165) is 53.0 Å². The number of fused-ring (bicyclic) bond motifs is 1. The van der Waals surface area contributed by atoms with E-state index in [1.54, 1.807) is 12.1 Å². The van der Waals surface area contributed by atoms with Gasteiger partial charge in [-0.2, -0.15) is 5.10 Å². The molecule has 0 atom stereocenters. The van der Waals surface area contributed by atoms with Crippen molar-refractivity contribution in [3.63, 3.8) is 0 Å². The van der Waals surface area contributed by atoms with Crippen molar-refractivity contribution in [2.75, 3.05) is 11.9 Å². The highest BCUT2D eigenvalue weighted by atomic mass is 79.9. The van der Waals surface area contributed by atoms with Gasteiger partial charge in [-0.05, 0) is 49.6 Å². The molecular weight excluding hydrogens is 369 g/mol. The number of benzene rings is 2. The highest BCUT2D eigenvalue weighted by Crippen LogP contribution is 2.36. The molecule has 122 valence electrons. The minimum absolute atomic E-state index is 0.240. The van der Waals surface area contributed by atoms with E-state index in [2.05, 4.69) is 27.3 Å². The first kappa shape index (κ1) is 15.4. The molecule has 24 heavy (non-hydrogen) atoms. The van der Waals surface area contributed by atoms with E-state index in [9.17, 15) is 4.39 Å². The van der Waals surface area contributed by atoms with Crippen LogP contribution >= 0.6 is 15.9 Å². The van der Waals surface area contributed by atoms with Crippen LogP contribution in [0.5, 0.6) is 0 Å². The molecule has 0 unspecified atom stereocenters. The van der Waals surface area contributed by atoms with Gasteiger partial charge in [0.2, 0.25) is 0 Å². The van der Waals surface area contributed by atoms with Crippen molar-refractivity contribution < 1.29 is 4.39 Å². The first-order chi connectivity index (χ1) is 11.7. The van der Waals surface area contributed by atoms with Crippen LogP contribution in [0.15, 0.2) is 53.0 Å². The largest absolute Gasteiger partial charge is 0.370 e. The molecule has 0 radical (unpaired) electrons. The fourth-order valence-corrected chi connectivity index (χ4v) is 3.61. The standard InChI is InChI=1S/C19H17BrFN3/c20-17-7-2-1-5-15(17)18-16-6-3-4-12-22-19(16)24(23-18)14-10-8-13(21)9-11-14/h1-2,5,7-11,22H,3-4,6,12H2. The van der Waals surface area contributed by atoms with E-state index in [4.69, 9.17) is 5.10 Å². The molecule has 0 bridgehead atoms. The van der Waals surface area contributed by atoms with Crippen LogP contribution in [0.25, 0.3) is 16.9 Å². The van der Waals surface area contributed by atoms with Crippen LogP contribution in [-0.4, -0.2) is 16.3 Å². The number of hydrogen-bond donors (Lipinski definition) is 1. The van der Waals surface area contributed by atoms with E-state index >= 15 is 0 Å². The van der Waals surface area contributed by atoms with Crippen molar-refractivity contribution in [3.05, 3.63) is 64.4 Å². The smallest absolute Gasteiger partial charge is 0.133 e. The summed E-state index contributed by atoms with van der Waals surface area (Å²) in [5.74, 6) is 0.779. The number of anilines is 1. The lowest BCUT2D eigenvalue weighted by molar-refractivity contribution is 0.627. The molecule has 5 heteroatoms. The third-order valence-corrected chi connectivity index (χ3v) is 5.02. The van der Waals surface area contributed by atoms with Crippen LogP contribution in [-0.2, 0) is 6.42 Å². The van der Waals surface area contributed by atoms with Gasteiger partial charge in [0.25, 0.3) is 0 Å². The van der Waals surface area contributed by atoms with Crippen molar-refractivity contribution in [1.29, 1.82) is 0 Å². The second-order valence-electron chi connectivity index (χ2n) is 5.93. The molecule has 1 aromatic heterocycles. The zero-order chi connectivity index (χ0) is 16.5. The van der Waals surface area contributed by atoms with Crippen molar-refractivity contribution in [2.45, 2.75) is 19.3 Å². The molecule has 1 aliphatic rings. The lowest BCUT2D eigenvalue weighted by Gasteiger charge is -2.09. The average molecular weight is 386 g/mol. The molecule has 0 saturated heterocycles. The topological polar surface area (TPSA) is 29.9 Å². The summed E-state index contributed by atoms with van der Waals surface area (Å²) in [5, 5.41) is 8.37. The van der Waals surface area contributed by atoms with Crippen LogP contribution in [0.1, 0.15) is 18.4 Å². The van der Waals surface area contributed by atoms with Gasteiger partial charge in [-0.15, -0.1) is 0 Å². The highest BCUT2D eigenvalue weighted by Gasteiger charge is 2.22. The Hall–Kier alpha value is -2.14. The van der Waals surface area contributed by atoms with Crippen LogP contribution in [0.4, 0.5) is 10.2 Å². The highest BCUT2D eigenvalue weighted by molar-refractivity contribution is 9.10. The minimum Gasteiger partial charge on any atom is -0.370 e. The van der Waals surface area contributed by atoms with Gasteiger partial charge < -0.3 is 5.32 Å². The summed E-state index contributed by atoms with van der Waals surface area (Å²) in [7, 11) is 0. The Kier molecular flexibility index (Phi) is 4.10. The zero-order valence-corrected chi connectivity index (χ0v) is 14.7. The Morgan fingerprint density at radius 2 is 1.83 bits per heavy atom. The first-order valence-corrected chi connectivity index (χ1v) is 8.90. The quantitative estimate of drug-likeness (QED) is 0.657. The number of halogens is 2. The monoisotopic (exact) mass is 385 g/mol. The van der Waals surface area contributed by atoms with Gasteiger partial charge in [-0.25, -0.2) is 9.07 Å². The number of hydrogen-bond acceptors (Lipinski definition) is 2. The number of aromatic nitrogens is 2. The molecule has 2 heterocycles. The predicted molar refractivity (Wildman–Crippen MR) is 98.1 cm³/mol. The fourth-order valence-electron chi connectivity index (χ4n) is 3.14. The Morgan fingerprint density at radius 3 is 2.62 bits per heavy atom. The molecule has 1 aliphatic heterocycles. The van der Waals surface area contributed by atoms with Gasteiger partial charge in [-0.1, -0.05) is 34.1 Å². The van der Waals surface area contributed by atoms with Gasteiger partial charge in [0.05, 0.1) is 11.4 Å². The van der Waals surface area contributed by atoms with Crippen LogP contribution in [0.2, 0.25) is 0 Å². The van der Waals surface area contributed by atoms with Crippen molar-refractivity contribution in [2.24, 2.45) is 0 Å². The van der Waals surface area contributed by atoms with E-state index in [-0.39, 0.29) is 5.82 Å². The second kappa shape index (κ2) is 6.40. The molecule has 3 nitrogen and oxygen atoms in total. The van der Waals surface area contributed by atoms with E-state index in [0.29, 0.717) is 0 Å². The van der Waals surface area contributed by atoms with Gasteiger partial charge >= 0.3 is 0 Å². The number of nitrogens with one attached hydrogen (secondary N) is 1. The second-order valence-corrected chi connectivity index (χ2v) is 6.78. The summed E-state index contributed by atoms with van der Waals surface area (Å²) in [5.41, 5.74) is 4.15. The lowest BCUT2D eigenvalue weighted by atomic mass is 10.0. The summed E-state index contributed by atoms with van der Waals surface area (Å²) in [6.07, 6.45) is 3.25. The molecule has 0 aliphatic carbocycles. The van der Waals surface area contributed by atoms with Crippen molar-refractivity contribution in [3.8, 4) is 16.9 Å². The molecule has 0 spiro atoms. The van der Waals surface area contributed by atoms with E-state index in [1.807, 2.05) is 22.9 Å². The molecule has 4 rings (SSSR count). The Morgan fingerprint density at radius 1 is 1.04 bits per heavy atom. The molecular formula is C19H17BrFN3. The minimum atomic E-state index is -0.240. The van der Waals surface area contributed by atoms with Crippen LogP contribution in [0.3, 0.4) is 0 Å². The van der Waals surface area contributed by atoms with Gasteiger partial charge in [0.1, 0.15) is 11.6 Å². The molecule has 2 aromatic carbocycles. The van der Waals surface area contributed by atoms with Gasteiger partial charge in [0.15, 0.2) is 0 Å². The maximum atomic E-state index is 13.3. The van der Waals surface area contributed by atoms with Crippen LogP contribution in [0, 0.1) is 5.82 Å². The lowest BCUT2D eigenvalue weighted by Crippen LogP contribution is -2.07. The van der Waals surface area contributed by atoms with Gasteiger partial charge in [-0.3, -0.25) is 0 Å². The Balaban J connectivity index is 1.92. The molecule has 0 saturated carbocycles. The van der Waals surface area contributed by atoms with E-state index < -0.39 is 0 Å². The Labute approximate surface area is 148 Å². The summed E-state index contributed by atoms with van der Waals surface area (Å²) in [4.78, 5) is 0. The average Bonchev–Trinajstić information content (AvgIpc) is 2.78. The number of rotatable bonds is 2. The van der Waals surface area contributed by atoms with Crippen molar-refractivity contribution in [1.82, 2.24) is 9.78 Å². The molecule has 0 fully saturated rings. The first-order valence-electron chi connectivity index (χ1n) is 8.10. The molecule has 3 aromatic rings. The van der Waals surface area contributed by atoms with Crippen molar-refractivity contribution >= 4 is 21.7 Å². The predicted octanol–water partition coefficient (Wildman–Crippen LogP) is 5.19. The fraction of sp³-hybridized carbons (Fsp3) is 0.211. The zero-order valence-electron chi connectivity index (χ0n) is 13.1. The summed E-state index contributed by atoms with van der Waals surface area (Å²) in [6, 6.07) is 14.6. The maximum absolute atomic E-state index is 13.3. The SMILES string of the molecule is Fc1ccc(-n2nc(-c3ccccc3Br)c3c2NCCCC3)cc1.